The van der Waals surface area contributed by atoms with Crippen LogP contribution in [0.3, 0.4) is 0 Å². The summed E-state index contributed by atoms with van der Waals surface area (Å²) in [4.78, 5) is 37.9. The Kier molecular flexibility index (Phi) is 6.62. The molecule has 35 heavy (non-hydrogen) atoms. The second-order valence-corrected chi connectivity index (χ2v) is 10.9. The molecule has 2 aromatic carbocycles. The molecule has 0 bridgehead atoms. The van der Waals surface area contributed by atoms with Crippen LogP contribution in [0.5, 0.6) is 0 Å². The number of aliphatic carboxylic acids is 1. The van der Waals surface area contributed by atoms with Crippen molar-refractivity contribution >= 4 is 18.0 Å². The van der Waals surface area contributed by atoms with Crippen LogP contribution in [0.25, 0.3) is 11.1 Å². The number of carboxylic acid groups (broad SMARTS) is 1. The number of nitrogens with one attached hydrogen (secondary N) is 2. The van der Waals surface area contributed by atoms with E-state index in [0.717, 1.165) is 28.7 Å². The summed E-state index contributed by atoms with van der Waals surface area (Å²) in [5, 5.41) is 15.3. The van der Waals surface area contributed by atoms with Crippen molar-refractivity contribution < 1.29 is 24.2 Å². The third kappa shape index (κ3) is 4.77. The molecule has 7 heteroatoms. The maximum atomic E-state index is 13.2. The van der Waals surface area contributed by atoms with Crippen molar-refractivity contribution in [3.05, 3.63) is 59.7 Å². The summed E-state index contributed by atoms with van der Waals surface area (Å²) >= 11 is 0. The number of ether oxygens (including phenoxy) is 1. The first-order valence-corrected chi connectivity index (χ1v) is 12.2. The van der Waals surface area contributed by atoms with E-state index in [1.807, 2.05) is 57.2 Å². The van der Waals surface area contributed by atoms with Crippen LogP contribution < -0.4 is 10.6 Å². The number of amides is 2. The molecule has 2 aliphatic rings. The Balaban J connectivity index is 1.44. The number of carbonyl (C=O) groups excluding carboxylic acids is 2. The van der Waals surface area contributed by atoms with E-state index in [1.165, 1.54) is 0 Å². The number of benzene rings is 2. The fourth-order valence-corrected chi connectivity index (χ4v) is 5.34. The molecular formula is C28H34N2O5. The first kappa shape index (κ1) is 24.8. The second-order valence-electron chi connectivity index (χ2n) is 10.9. The molecule has 3 N–H and O–H groups in total. The molecule has 4 rings (SSSR count). The maximum absolute atomic E-state index is 13.2. The smallest absolute Gasteiger partial charge is 0.407 e. The van der Waals surface area contributed by atoms with Gasteiger partial charge in [-0.15, -0.1) is 0 Å². The zero-order valence-electron chi connectivity index (χ0n) is 20.8. The minimum absolute atomic E-state index is 0.0789. The average Bonchev–Trinajstić information content (AvgIpc) is 3.34. The van der Waals surface area contributed by atoms with Crippen LogP contribution in [-0.4, -0.2) is 41.8 Å². The number of carbonyl (C=O) groups is 3. The van der Waals surface area contributed by atoms with E-state index in [-0.39, 0.29) is 12.5 Å². The standard InChI is InChI=1S/C28H34N2O5/c1-27(2,3)23(24(31)29-22-14-9-15-28(22,4)25(32)33)30-26(34)35-16-21-19-12-7-5-10-17(19)18-11-6-8-13-20(18)21/h5-8,10-13,21-23H,9,14-16H2,1-4H3,(H,29,31)(H,30,34)(H,32,33)/t22?,23-,28?/m0/s1. The molecule has 0 aliphatic heterocycles. The van der Waals surface area contributed by atoms with Crippen molar-refractivity contribution in [1.82, 2.24) is 10.6 Å². The minimum atomic E-state index is -1.01. The topological polar surface area (TPSA) is 105 Å². The van der Waals surface area contributed by atoms with Gasteiger partial charge in [-0.25, -0.2) is 4.79 Å². The summed E-state index contributed by atoms with van der Waals surface area (Å²) in [6, 6.07) is 14.8. The van der Waals surface area contributed by atoms with Gasteiger partial charge in [0.05, 0.1) is 5.41 Å². The highest BCUT2D eigenvalue weighted by Crippen LogP contribution is 2.44. The summed E-state index contributed by atoms with van der Waals surface area (Å²) in [7, 11) is 0. The molecule has 0 aromatic heterocycles. The summed E-state index contributed by atoms with van der Waals surface area (Å²) in [5.41, 5.74) is 2.89. The van der Waals surface area contributed by atoms with Gasteiger partial charge in [0.15, 0.2) is 0 Å². The van der Waals surface area contributed by atoms with Gasteiger partial charge in [-0.2, -0.15) is 0 Å². The highest BCUT2D eigenvalue weighted by Gasteiger charge is 2.47. The Morgan fingerprint density at radius 1 is 1.06 bits per heavy atom. The summed E-state index contributed by atoms with van der Waals surface area (Å²) in [6.07, 6.45) is 1.16. The predicted octanol–water partition coefficient (Wildman–Crippen LogP) is 4.70. The normalized spacial score (nSPS) is 22.1. The van der Waals surface area contributed by atoms with Gasteiger partial charge in [0, 0.05) is 12.0 Å². The van der Waals surface area contributed by atoms with E-state index in [4.69, 9.17) is 4.74 Å². The SMILES string of the molecule is CC1(C(=O)O)CCCC1NC(=O)[C@H](NC(=O)OCC1c2ccccc2-c2ccccc21)C(C)(C)C. The Labute approximate surface area is 206 Å². The second kappa shape index (κ2) is 9.36. The molecular weight excluding hydrogens is 444 g/mol. The van der Waals surface area contributed by atoms with Gasteiger partial charge in [0.2, 0.25) is 5.91 Å². The molecule has 0 radical (unpaired) electrons. The third-order valence-electron chi connectivity index (χ3n) is 7.50. The van der Waals surface area contributed by atoms with Crippen LogP contribution in [0, 0.1) is 10.8 Å². The monoisotopic (exact) mass is 478 g/mol. The fourth-order valence-electron chi connectivity index (χ4n) is 5.34. The van der Waals surface area contributed by atoms with Crippen LogP contribution in [-0.2, 0) is 14.3 Å². The van der Waals surface area contributed by atoms with Crippen LogP contribution >= 0.6 is 0 Å². The number of rotatable bonds is 6. The van der Waals surface area contributed by atoms with Gasteiger partial charge >= 0.3 is 12.1 Å². The van der Waals surface area contributed by atoms with Crippen LogP contribution in [0.1, 0.15) is 64.0 Å². The van der Waals surface area contributed by atoms with Crippen molar-refractivity contribution in [3.8, 4) is 11.1 Å². The largest absolute Gasteiger partial charge is 0.481 e. The maximum Gasteiger partial charge on any atom is 0.407 e. The van der Waals surface area contributed by atoms with Gasteiger partial charge < -0.3 is 20.5 Å². The molecule has 0 spiro atoms. The molecule has 2 aromatic rings. The van der Waals surface area contributed by atoms with Gasteiger partial charge in [0.1, 0.15) is 12.6 Å². The lowest BCUT2D eigenvalue weighted by Gasteiger charge is -2.34. The quantitative estimate of drug-likeness (QED) is 0.558. The predicted molar refractivity (Wildman–Crippen MR) is 133 cm³/mol. The number of alkyl carbamates (subject to hydrolysis) is 1. The van der Waals surface area contributed by atoms with E-state index in [9.17, 15) is 19.5 Å². The molecule has 2 aliphatic carbocycles. The number of hydrogen-bond acceptors (Lipinski definition) is 4. The highest BCUT2D eigenvalue weighted by molar-refractivity contribution is 5.87. The molecule has 186 valence electrons. The Hall–Kier alpha value is -3.35. The van der Waals surface area contributed by atoms with E-state index in [2.05, 4.69) is 22.8 Å². The first-order chi connectivity index (χ1) is 16.5. The molecule has 1 saturated carbocycles. The van der Waals surface area contributed by atoms with Crippen molar-refractivity contribution in [2.45, 2.75) is 65.0 Å². The van der Waals surface area contributed by atoms with Gasteiger partial charge in [-0.05, 0) is 47.4 Å². The van der Waals surface area contributed by atoms with Crippen LogP contribution in [0.15, 0.2) is 48.5 Å². The number of hydrogen-bond donors (Lipinski definition) is 3. The van der Waals surface area contributed by atoms with Gasteiger partial charge in [-0.3, -0.25) is 9.59 Å². The summed E-state index contributed by atoms with van der Waals surface area (Å²) in [5.74, 6) is -1.40. The average molecular weight is 479 g/mol. The van der Waals surface area contributed by atoms with Crippen molar-refractivity contribution in [2.75, 3.05) is 6.61 Å². The van der Waals surface area contributed by atoms with Crippen molar-refractivity contribution in [3.63, 3.8) is 0 Å². The fraction of sp³-hybridized carbons (Fsp3) is 0.464. The molecule has 7 nitrogen and oxygen atoms in total. The van der Waals surface area contributed by atoms with E-state index in [1.54, 1.807) is 6.92 Å². The van der Waals surface area contributed by atoms with Crippen LogP contribution in [0.2, 0.25) is 0 Å². The molecule has 0 heterocycles. The van der Waals surface area contributed by atoms with Crippen molar-refractivity contribution in [2.24, 2.45) is 10.8 Å². The lowest BCUT2D eigenvalue weighted by Crippen LogP contribution is -2.58. The lowest BCUT2D eigenvalue weighted by molar-refractivity contribution is -0.149. The van der Waals surface area contributed by atoms with Gasteiger partial charge in [-0.1, -0.05) is 75.7 Å². The number of fused-ring (bicyclic) bond motifs is 3. The third-order valence-corrected chi connectivity index (χ3v) is 7.50. The lowest BCUT2D eigenvalue weighted by atomic mass is 9.83. The first-order valence-electron chi connectivity index (χ1n) is 12.2. The molecule has 0 saturated heterocycles. The summed E-state index contributed by atoms with van der Waals surface area (Å²) in [6.45, 7) is 7.38. The Morgan fingerprint density at radius 3 is 2.17 bits per heavy atom. The van der Waals surface area contributed by atoms with Gasteiger partial charge in [0.25, 0.3) is 0 Å². The molecule has 1 fully saturated rings. The Bertz CT molecular complexity index is 1090. The van der Waals surface area contributed by atoms with E-state index < -0.39 is 40.9 Å². The molecule has 2 amide bonds. The van der Waals surface area contributed by atoms with E-state index >= 15 is 0 Å². The van der Waals surface area contributed by atoms with Crippen LogP contribution in [0.4, 0.5) is 4.79 Å². The Morgan fingerprint density at radius 2 is 1.63 bits per heavy atom. The zero-order valence-corrected chi connectivity index (χ0v) is 20.8. The zero-order chi connectivity index (χ0) is 25.4. The van der Waals surface area contributed by atoms with Crippen molar-refractivity contribution in [1.29, 1.82) is 0 Å². The number of carboxylic acids is 1. The van der Waals surface area contributed by atoms with E-state index in [0.29, 0.717) is 12.8 Å². The summed E-state index contributed by atoms with van der Waals surface area (Å²) < 4.78 is 5.64. The molecule has 2 unspecified atom stereocenters. The molecule has 3 atom stereocenters. The minimum Gasteiger partial charge on any atom is -0.481 e. The highest BCUT2D eigenvalue weighted by atomic mass is 16.5.